The third kappa shape index (κ3) is 4.81. The number of hydrogen-bond acceptors (Lipinski definition) is 4. The topological polar surface area (TPSA) is 114 Å². The van der Waals surface area contributed by atoms with Gasteiger partial charge in [-0.15, -0.1) is 0 Å². The minimum Gasteiger partial charge on any atom is -0.465 e. The fourth-order valence-corrected chi connectivity index (χ4v) is 1.30. The van der Waals surface area contributed by atoms with Gasteiger partial charge in [-0.2, -0.15) is 0 Å². The van der Waals surface area contributed by atoms with Crippen molar-refractivity contribution >= 4 is 12.0 Å². The number of rotatable bonds is 6. The molecule has 0 spiro atoms. The molecule has 1 rings (SSSR count). The number of amides is 2. The van der Waals surface area contributed by atoms with E-state index in [0.29, 0.717) is 0 Å². The van der Waals surface area contributed by atoms with E-state index in [2.05, 4.69) is 0 Å². The highest BCUT2D eigenvalue weighted by Gasteiger charge is 2.19. The van der Waals surface area contributed by atoms with E-state index in [1.807, 2.05) is 41.1 Å². The Bertz CT molecular complexity index is 397. The van der Waals surface area contributed by atoms with E-state index in [4.69, 9.17) is 15.7 Å². The Kier molecular flexibility index (Phi) is 5.62. The molecule has 1 aromatic carbocycles. The first kappa shape index (κ1) is 13.9. The lowest BCUT2D eigenvalue weighted by atomic mass is 10.2. The number of ether oxygens (including phenoxy) is 1. The van der Waals surface area contributed by atoms with Crippen LogP contribution in [0.25, 0.3) is 0 Å². The molecule has 0 saturated carbocycles. The average molecular weight is 253 g/mol. The van der Waals surface area contributed by atoms with Crippen molar-refractivity contribution < 1.29 is 19.4 Å². The summed E-state index contributed by atoms with van der Waals surface area (Å²) in [6.07, 6.45) is -1.31. The summed E-state index contributed by atoms with van der Waals surface area (Å²) in [6, 6.07) is 8.29. The second kappa shape index (κ2) is 7.25. The zero-order valence-electron chi connectivity index (χ0n) is 9.63. The fourth-order valence-electron chi connectivity index (χ4n) is 1.30. The highest BCUT2D eigenvalue weighted by Crippen LogP contribution is 2.01. The van der Waals surface area contributed by atoms with E-state index in [0.717, 1.165) is 5.56 Å². The largest absolute Gasteiger partial charge is 0.465 e. The fraction of sp³-hybridized carbons (Fsp3) is 0.273. The molecule has 1 atom stereocenters. The Morgan fingerprint density at radius 2 is 2.00 bits per heavy atom. The van der Waals surface area contributed by atoms with Crippen molar-refractivity contribution in [1.29, 1.82) is 0 Å². The lowest BCUT2D eigenvalue weighted by Crippen LogP contribution is -2.50. The third-order valence-electron chi connectivity index (χ3n) is 2.15. The van der Waals surface area contributed by atoms with Crippen LogP contribution >= 0.6 is 0 Å². The zero-order chi connectivity index (χ0) is 13.4. The van der Waals surface area contributed by atoms with Crippen molar-refractivity contribution in [3.63, 3.8) is 0 Å². The molecule has 0 saturated heterocycles. The van der Waals surface area contributed by atoms with Crippen LogP contribution in [0.1, 0.15) is 5.56 Å². The first-order valence-electron chi connectivity index (χ1n) is 5.25. The second-order valence-corrected chi connectivity index (χ2v) is 3.51. The van der Waals surface area contributed by atoms with Crippen molar-refractivity contribution in [3.05, 3.63) is 35.9 Å². The molecule has 98 valence electrons. The number of nitrogens with one attached hydrogen (secondary N) is 2. The number of carboxylic acid groups (broad SMARTS) is 1. The van der Waals surface area contributed by atoms with Gasteiger partial charge in [-0.05, 0) is 5.56 Å². The normalized spacial score (nSPS) is 11.6. The van der Waals surface area contributed by atoms with Gasteiger partial charge in [0.2, 0.25) is 0 Å². The Hall–Kier alpha value is -2.12. The maximum atomic E-state index is 11.2. The monoisotopic (exact) mass is 253 g/mol. The predicted octanol–water partition coefficient (Wildman–Crippen LogP) is -0.171. The maximum absolute atomic E-state index is 11.2. The van der Waals surface area contributed by atoms with Crippen LogP contribution in [0.3, 0.4) is 0 Å². The standard InChI is InChI=1S/C11H15N3O4/c12-14-10(15)9(13-11(16)17)7-18-6-8-4-2-1-3-5-8/h1-5,9,13H,6-7,12H2,(H,14,15)(H,16,17). The molecule has 0 bridgehead atoms. The van der Waals surface area contributed by atoms with Crippen molar-refractivity contribution in [2.45, 2.75) is 12.6 Å². The second-order valence-electron chi connectivity index (χ2n) is 3.51. The number of nitrogens with two attached hydrogens (primary N) is 1. The van der Waals surface area contributed by atoms with Crippen LogP contribution in [-0.2, 0) is 16.1 Å². The first-order chi connectivity index (χ1) is 8.63. The average Bonchev–Trinajstić information content (AvgIpc) is 2.37. The molecule has 1 unspecified atom stereocenters. The summed E-state index contributed by atoms with van der Waals surface area (Å²) in [5.41, 5.74) is 2.80. The predicted molar refractivity (Wildman–Crippen MR) is 63.4 cm³/mol. The minimum atomic E-state index is -1.31. The molecule has 7 heteroatoms. The van der Waals surface area contributed by atoms with Gasteiger partial charge in [0.25, 0.3) is 5.91 Å². The molecular weight excluding hydrogens is 238 g/mol. The van der Waals surface area contributed by atoms with Crippen LogP contribution in [-0.4, -0.2) is 29.8 Å². The summed E-state index contributed by atoms with van der Waals surface area (Å²) in [5, 5.41) is 10.6. The number of carbonyl (C=O) groups excluding carboxylic acids is 1. The summed E-state index contributed by atoms with van der Waals surface area (Å²) in [6.45, 7) is 0.195. The molecule has 0 aliphatic rings. The van der Waals surface area contributed by atoms with Crippen molar-refractivity contribution in [3.8, 4) is 0 Å². The van der Waals surface area contributed by atoms with Gasteiger partial charge in [0.15, 0.2) is 0 Å². The van der Waals surface area contributed by atoms with Crippen LogP contribution in [0.5, 0.6) is 0 Å². The Morgan fingerprint density at radius 3 is 2.56 bits per heavy atom. The molecule has 0 aromatic heterocycles. The first-order valence-corrected chi connectivity index (χ1v) is 5.25. The summed E-state index contributed by atoms with van der Waals surface area (Å²) >= 11 is 0. The number of carbonyl (C=O) groups is 2. The Labute approximate surface area is 104 Å². The molecule has 0 heterocycles. The van der Waals surface area contributed by atoms with Gasteiger partial charge in [0, 0.05) is 0 Å². The minimum absolute atomic E-state index is 0.0930. The van der Waals surface area contributed by atoms with Crippen LogP contribution in [0, 0.1) is 0 Å². The molecule has 0 aliphatic heterocycles. The molecule has 7 nitrogen and oxygen atoms in total. The smallest absolute Gasteiger partial charge is 0.405 e. The van der Waals surface area contributed by atoms with Crippen molar-refractivity contribution in [1.82, 2.24) is 10.7 Å². The molecule has 18 heavy (non-hydrogen) atoms. The molecule has 0 radical (unpaired) electrons. The van der Waals surface area contributed by atoms with E-state index in [9.17, 15) is 9.59 Å². The summed E-state index contributed by atoms with van der Waals surface area (Å²) in [5.74, 6) is 4.30. The molecule has 0 fully saturated rings. The lowest BCUT2D eigenvalue weighted by molar-refractivity contribution is -0.124. The number of benzene rings is 1. The van der Waals surface area contributed by atoms with Gasteiger partial charge in [0.05, 0.1) is 13.2 Å². The van der Waals surface area contributed by atoms with Crippen molar-refractivity contribution in [2.24, 2.45) is 5.84 Å². The molecular formula is C11H15N3O4. The quantitative estimate of drug-likeness (QED) is 0.319. The lowest BCUT2D eigenvalue weighted by Gasteiger charge is -2.15. The van der Waals surface area contributed by atoms with Gasteiger partial charge in [-0.1, -0.05) is 30.3 Å². The summed E-state index contributed by atoms with van der Waals surface area (Å²) in [7, 11) is 0. The van der Waals surface area contributed by atoms with Crippen LogP contribution in [0.15, 0.2) is 30.3 Å². The van der Waals surface area contributed by atoms with E-state index in [1.54, 1.807) is 0 Å². The van der Waals surface area contributed by atoms with Gasteiger partial charge >= 0.3 is 6.09 Å². The van der Waals surface area contributed by atoms with E-state index < -0.39 is 18.0 Å². The van der Waals surface area contributed by atoms with Gasteiger partial charge < -0.3 is 15.2 Å². The van der Waals surface area contributed by atoms with Gasteiger partial charge in [0.1, 0.15) is 6.04 Å². The van der Waals surface area contributed by atoms with E-state index in [1.165, 1.54) is 0 Å². The van der Waals surface area contributed by atoms with Gasteiger partial charge in [-0.25, -0.2) is 10.6 Å². The van der Waals surface area contributed by atoms with Crippen molar-refractivity contribution in [2.75, 3.05) is 6.61 Å². The highest BCUT2D eigenvalue weighted by molar-refractivity contribution is 5.84. The zero-order valence-corrected chi connectivity index (χ0v) is 9.63. The maximum Gasteiger partial charge on any atom is 0.405 e. The van der Waals surface area contributed by atoms with Crippen LogP contribution < -0.4 is 16.6 Å². The molecule has 5 N–H and O–H groups in total. The Morgan fingerprint density at radius 1 is 1.33 bits per heavy atom. The van der Waals surface area contributed by atoms with Crippen LogP contribution in [0.2, 0.25) is 0 Å². The van der Waals surface area contributed by atoms with Crippen LogP contribution in [0.4, 0.5) is 4.79 Å². The molecule has 2 amide bonds. The number of hydrogen-bond donors (Lipinski definition) is 4. The third-order valence-corrected chi connectivity index (χ3v) is 2.15. The summed E-state index contributed by atoms with van der Waals surface area (Å²) in [4.78, 5) is 21.7. The number of hydrazine groups is 1. The van der Waals surface area contributed by atoms with E-state index >= 15 is 0 Å². The summed E-state index contributed by atoms with van der Waals surface area (Å²) < 4.78 is 5.26. The molecule has 1 aromatic rings. The molecule has 0 aliphatic carbocycles. The highest BCUT2D eigenvalue weighted by atomic mass is 16.5. The SMILES string of the molecule is NNC(=O)C(COCc1ccccc1)NC(=O)O. The Balaban J connectivity index is 2.42. The van der Waals surface area contributed by atoms with Gasteiger partial charge in [-0.3, -0.25) is 10.2 Å². The van der Waals surface area contributed by atoms with E-state index in [-0.39, 0.29) is 13.2 Å².